The molecule has 0 aliphatic carbocycles. The van der Waals surface area contributed by atoms with Crippen molar-refractivity contribution in [3.8, 4) is 11.4 Å². The summed E-state index contributed by atoms with van der Waals surface area (Å²) in [6.07, 6.45) is 1.83. The maximum atomic E-state index is 13.0. The second-order valence-electron chi connectivity index (χ2n) is 4.03. The van der Waals surface area contributed by atoms with Crippen LogP contribution >= 0.6 is 11.6 Å². The highest BCUT2D eigenvalue weighted by atomic mass is 35.5. The maximum absolute atomic E-state index is 13.0. The van der Waals surface area contributed by atoms with Gasteiger partial charge in [0.1, 0.15) is 11.6 Å². The van der Waals surface area contributed by atoms with E-state index >= 15 is 0 Å². The number of nitrogens with one attached hydrogen (secondary N) is 1. The Balaban J connectivity index is 2.12. The molecule has 88 valence electrons. The molecule has 3 nitrogen and oxygen atoms in total. The first-order chi connectivity index (χ1) is 8.25. The van der Waals surface area contributed by atoms with Crippen molar-refractivity contribution in [2.75, 3.05) is 6.54 Å². The Morgan fingerprint density at radius 3 is 3.12 bits per heavy atom. The number of fused-ring (bicyclic) bond motifs is 1. The molecule has 2 aromatic rings. The van der Waals surface area contributed by atoms with Gasteiger partial charge in [-0.3, -0.25) is 0 Å². The van der Waals surface area contributed by atoms with Crippen LogP contribution in [0.2, 0.25) is 5.02 Å². The molecule has 1 aliphatic heterocycles. The van der Waals surface area contributed by atoms with Crippen LogP contribution in [0.1, 0.15) is 5.69 Å². The molecule has 1 aromatic carbocycles. The van der Waals surface area contributed by atoms with Crippen LogP contribution in [0.5, 0.6) is 0 Å². The minimum atomic E-state index is -0.328. The van der Waals surface area contributed by atoms with Crippen molar-refractivity contribution in [3.05, 3.63) is 40.9 Å². The molecule has 0 radical (unpaired) electrons. The number of benzene rings is 1. The van der Waals surface area contributed by atoms with Gasteiger partial charge in [0, 0.05) is 25.2 Å². The quantitative estimate of drug-likeness (QED) is 0.844. The summed E-state index contributed by atoms with van der Waals surface area (Å²) in [6, 6.07) is 4.40. The Bertz CT molecular complexity index is 565. The fourth-order valence-electron chi connectivity index (χ4n) is 2.09. The van der Waals surface area contributed by atoms with E-state index in [1.54, 1.807) is 6.07 Å². The van der Waals surface area contributed by atoms with Gasteiger partial charge in [0.2, 0.25) is 0 Å². The topological polar surface area (TPSA) is 29.9 Å². The molecule has 0 bridgehead atoms. The Morgan fingerprint density at radius 2 is 2.29 bits per heavy atom. The van der Waals surface area contributed by atoms with Crippen molar-refractivity contribution >= 4 is 11.6 Å². The third-order valence-electron chi connectivity index (χ3n) is 2.93. The summed E-state index contributed by atoms with van der Waals surface area (Å²) in [5.74, 6) is 0.484. The monoisotopic (exact) mass is 251 g/mol. The zero-order chi connectivity index (χ0) is 11.8. The molecule has 1 aliphatic rings. The van der Waals surface area contributed by atoms with Crippen LogP contribution in [-0.4, -0.2) is 16.1 Å². The molecule has 0 amide bonds. The number of imidazole rings is 1. The summed E-state index contributed by atoms with van der Waals surface area (Å²) in [5, 5.41) is 3.68. The molecule has 2 heterocycles. The summed E-state index contributed by atoms with van der Waals surface area (Å²) in [7, 11) is 0. The van der Waals surface area contributed by atoms with Crippen LogP contribution in [0.3, 0.4) is 0 Å². The Hall–Kier alpha value is -1.39. The third-order valence-corrected chi connectivity index (χ3v) is 3.24. The van der Waals surface area contributed by atoms with E-state index in [1.807, 2.05) is 6.20 Å². The molecule has 1 N–H and O–H groups in total. The van der Waals surface area contributed by atoms with Gasteiger partial charge in [-0.1, -0.05) is 11.6 Å². The summed E-state index contributed by atoms with van der Waals surface area (Å²) >= 11 is 6.05. The highest BCUT2D eigenvalue weighted by Crippen LogP contribution is 2.28. The molecule has 0 saturated heterocycles. The molecule has 0 atom stereocenters. The summed E-state index contributed by atoms with van der Waals surface area (Å²) in [6.45, 7) is 2.58. The van der Waals surface area contributed by atoms with E-state index in [4.69, 9.17) is 11.6 Å². The van der Waals surface area contributed by atoms with Crippen molar-refractivity contribution < 1.29 is 4.39 Å². The van der Waals surface area contributed by atoms with Crippen LogP contribution in [0.4, 0.5) is 4.39 Å². The van der Waals surface area contributed by atoms with Gasteiger partial charge in [-0.05, 0) is 18.2 Å². The number of nitrogens with zero attached hydrogens (tertiary/aromatic N) is 2. The lowest BCUT2D eigenvalue weighted by Gasteiger charge is -2.18. The first-order valence-electron chi connectivity index (χ1n) is 5.46. The lowest BCUT2D eigenvalue weighted by atomic mass is 10.2. The first-order valence-corrected chi connectivity index (χ1v) is 5.84. The van der Waals surface area contributed by atoms with Crippen molar-refractivity contribution in [3.63, 3.8) is 0 Å². The molecule has 0 saturated carbocycles. The Morgan fingerprint density at radius 1 is 1.41 bits per heavy atom. The van der Waals surface area contributed by atoms with E-state index < -0.39 is 0 Å². The minimum Gasteiger partial charge on any atom is -0.326 e. The molecule has 17 heavy (non-hydrogen) atoms. The fraction of sp³-hybridized carbons (Fsp3) is 0.250. The predicted octanol–water partition coefficient (Wildman–Crippen LogP) is 2.45. The van der Waals surface area contributed by atoms with E-state index in [0.717, 1.165) is 36.7 Å². The van der Waals surface area contributed by atoms with Gasteiger partial charge in [-0.2, -0.15) is 0 Å². The van der Waals surface area contributed by atoms with E-state index in [1.165, 1.54) is 12.1 Å². The van der Waals surface area contributed by atoms with Crippen LogP contribution in [0.25, 0.3) is 11.4 Å². The van der Waals surface area contributed by atoms with Gasteiger partial charge in [-0.15, -0.1) is 0 Å². The second-order valence-corrected chi connectivity index (χ2v) is 4.43. The fourth-order valence-corrected chi connectivity index (χ4v) is 2.35. The van der Waals surface area contributed by atoms with Gasteiger partial charge in [-0.25, -0.2) is 9.37 Å². The normalized spacial score (nSPS) is 14.7. The van der Waals surface area contributed by atoms with Gasteiger partial charge in [0.05, 0.1) is 16.9 Å². The van der Waals surface area contributed by atoms with Gasteiger partial charge >= 0.3 is 0 Å². The largest absolute Gasteiger partial charge is 0.326 e. The molecule has 0 spiro atoms. The molecule has 0 unspecified atom stereocenters. The predicted molar refractivity (Wildman–Crippen MR) is 64.3 cm³/mol. The smallest absolute Gasteiger partial charge is 0.141 e. The second kappa shape index (κ2) is 4.13. The molecule has 1 aromatic heterocycles. The van der Waals surface area contributed by atoms with Crippen LogP contribution in [0, 0.1) is 5.82 Å². The zero-order valence-electron chi connectivity index (χ0n) is 9.08. The van der Waals surface area contributed by atoms with E-state index in [9.17, 15) is 4.39 Å². The molecular formula is C12H11ClFN3. The van der Waals surface area contributed by atoms with Crippen LogP contribution in [-0.2, 0) is 13.1 Å². The van der Waals surface area contributed by atoms with Crippen molar-refractivity contribution in [2.45, 2.75) is 13.1 Å². The standard InChI is InChI=1S/C12H11ClFN3/c13-11-5-8(14)1-2-10(11)12-16-7-9-6-15-3-4-17(9)12/h1-2,5,7,15H,3-4,6H2. The minimum absolute atomic E-state index is 0.328. The summed E-state index contributed by atoms with van der Waals surface area (Å²) in [5.41, 5.74) is 1.91. The molecule has 0 fully saturated rings. The van der Waals surface area contributed by atoms with Crippen LogP contribution in [0.15, 0.2) is 24.4 Å². The van der Waals surface area contributed by atoms with Crippen LogP contribution < -0.4 is 5.32 Å². The van der Waals surface area contributed by atoms with Crippen molar-refractivity contribution in [2.24, 2.45) is 0 Å². The van der Waals surface area contributed by atoms with Crippen molar-refractivity contribution in [1.82, 2.24) is 14.9 Å². The highest BCUT2D eigenvalue weighted by Gasteiger charge is 2.16. The highest BCUT2D eigenvalue weighted by molar-refractivity contribution is 6.33. The van der Waals surface area contributed by atoms with E-state index in [-0.39, 0.29) is 5.82 Å². The number of hydrogen-bond acceptors (Lipinski definition) is 2. The van der Waals surface area contributed by atoms with E-state index in [2.05, 4.69) is 14.9 Å². The lowest BCUT2D eigenvalue weighted by Crippen LogP contribution is -2.27. The molecule has 3 rings (SSSR count). The van der Waals surface area contributed by atoms with Gasteiger partial charge in [0.15, 0.2) is 0 Å². The number of rotatable bonds is 1. The van der Waals surface area contributed by atoms with Gasteiger partial charge < -0.3 is 9.88 Å². The molecule has 5 heteroatoms. The van der Waals surface area contributed by atoms with Crippen molar-refractivity contribution in [1.29, 1.82) is 0 Å². The van der Waals surface area contributed by atoms with E-state index in [0.29, 0.717) is 5.02 Å². The first kappa shape index (κ1) is 10.7. The lowest BCUT2D eigenvalue weighted by molar-refractivity contribution is 0.519. The number of hydrogen-bond donors (Lipinski definition) is 1. The average Bonchev–Trinajstić information content (AvgIpc) is 2.73. The Labute approximate surface area is 103 Å². The molecular weight excluding hydrogens is 241 g/mol. The SMILES string of the molecule is Fc1ccc(-c2ncc3n2CCNC3)c(Cl)c1. The zero-order valence-corrected chi connectivity index (χ0v) is 9.84. The summed E-state index contributed by atoms with van der Waals surface area (Å²) < 4.78 is 15.1. The Kier molecular flexibility index (Phi) is 2.61. The summed E-state index contributed by atoms with van der Waals surface area (Å²) in [4.78, 5) is 4.37. The number of aromatic nitrogens is 2. The van der Waals surface area contributed by atoms with Gasteiger partial charge in [0.25, 0.3) is 0 Å². The number of halogens is 2. The average molecular weight is 252 g/mol. The third kappa shape index (κ3) is 1.83. The maximum Gasteiger partial charge on any atom is 0.141 e.